The van der Waals surface area contributed by atoms with Gasteiger partial charge < -0.3 is 4.90 Å². The lowest BCUT2D eigenvalue weighted by atomic mass is 9.86. The fraction of sp³-hybridized carbons (Fsp3) is 0.345. The third-order valence-electron chi connectivity index (χ3n) is 6.96. The van der Waals surface area contributed by atoms with Crippen LogP contribution in [0, 0.1) is 20.8 Å². The van der Waals surface area contributed by atoms with E-state index >= 15 is 0 Å². The summed E-state index contributed by atoms with van der Waals surface area (Å²) in [5.41, 5.74) is 8.17. The van der Waals surface area contributed by atoms with E-state index < -0.39 is 11.8 Å². The van der Waals surface area contributed by atoms with Crippen molar-refractivity contribution in [2.45, 2.75) is 60.4 Å². The molecule has 1 fully saturated rings. The molecule has 2 aromatic rings. The second kappa shape index (κ2) is 9.08. The molecule has 0 aliphatic carbocycles. The van der Waals surface area contributed by atoms with E-state index in [1.54, 1.807) is 6.08 Å². The van der Waals surface area contributed by atoms with Crippen LogP contribution >= 0.6 is 12.2 Å². The van der Waals surface area contributed by atoms with Crippen LogP contribution < -0.4 is 15.1 Å². The van der Waals surface area contributed by atoms with Crippen molar-refractivity contribution in [2.75, 3.05) is 16.3 Å². The van der Waals surface area contributed by atoms with E-state index in [0.717, 1.165) is 40.8 Å². The van der Waals surface area contributed by atoms with Crippen molar-refractivity contribution in [3.63, 3.8) is 0 Å². The van der Waals surface area contributed by atoms with Crippen molar-refractivity contribution >= 4 is 52.2 Å². The summed E-state index contributed by atoms with van der Waals surface area (Å²) >= 11 is 5.37. The number of aryl methyl sites for hydroxylation is 3. The average molecular weight is 488 g/mol. The number of nitrogens with zero attached hydrogens (tertiary/aromatic N) is 2. The lowest BCUT2D eigenvalue weighted by Gasteiger charge is -2.43. The molecule has 0 atom stereocenters. The molecule has 0 aromatic heterocycles. The Morgan fingerprint density at radius 2 is 1.71 bits per heavy atom. The van der Waals surface area contributed by atoms with Gasteiger partial charge in [0, 0.05) is 17.8 Å². The van der Waals surface area contributed by atoms with Gasteiger partial charge in [0.1, 0.15) is 5.57 Å². The van der Waals surface area contributed by atoms with Crippen molar-refractivity contribution in [1.29, 1.82) is 0 Å². The SMILES string of the molecule is CCCN1c2cc(C)c(/C=C3/C(=O)NC(=S)N(c4ccc(C)c(C)c4)C3=O)cc2C(C)=CC1(C)C. The van der Waals surface area contributed by atoms with Gasteiger partial charge in [0.05, 0.1) is 11.2 Å². The second-order valence-electron chi connectivity index (χ2n) is 10.1. The Morgan fingerprint density at radius 1 is 1.00 bits per heavy atom. The maximum absolute atomic E-state index is 13.5. The predicted octanol–water partition coefficient (Wildman–Crippen LogP) is 5.86. The van der Waals surface area contributed by atoms with E-state index in [9.17, 15) is 9.59 Å². The first kappa shape index (κ1) is 24.9. The highest BCUT2D eigenvalue weighted by molar-refractivity contribution is 7.80. The monoisotopic (exact) mass is 487 g/mol. The van der Waals surface area contributed by atoms with E-state index in [4.69, 9.17) is 12.2 Å². The number of thiocarbonyl (C=S) groups is 1. The Balaban J connectivity index is 1.79. The minimum absolute atomic E-state index is 0.0723. The Kier molecular flexibility index (Phi) is 6.45. The van der Waals surface area contributed by atoms with Crippen molar-refractivity contribution in [3.8, 4) is 0 Å². The van der Waals surface area contributed by atoms with E-state index in [0.29, 0.717) is 5.69 Å². The van der Waals surface area contributed by atoms with Crippen molar-refractivity contribution in [3.05, 3.63) is 69.8 Å². The van der Waals surface area contributed by atoms with Crippen LogP contribution in [-0.2, 0) is 9.59 Å². The lowest BCUT2D eigenvalue weighted by Crippen LogP contribution is -2.54. The van der Waals surface area contributed by atoms with Crippen molar-refractivity contribution in [2.24, 2.45) is 0 Å². The smallest absolute Gasteiger partial charge is 0.270 e. The van der Waals surface area contributed by atoms with Gasteiger partial charge >= 0.3 is 0 Å². The molecule has 1 saturated heterocycles. The molecule has 1 N–H and O–H groups in total. The number of hydrogen-bond donors (Lipinski definition) is 1. The van der Waals surface area contributed by atoms with Gasteiger partial charge in [-0.2, -0.15) is 0 Å². The number of carbonyl (C=O) groups excluding carboxylic acids is 2. The van der Waals surface area contributed by atoms with Crippen molar-refractivity contribution < 1.29 is 9.59 Å². The van der Waals surface area contributed by atoms with Crippen LogP contribution in [0.25, 0.3) is 11.6 Å². The molecule has 5 nitrogen and oxygen atoms in total. The molecule has 182 valence electrons. The number of carbonyl (C=O) groups is 2. The number of allylic oxidation sites excluding steroid dienone is 1. The van der Waals surface area contributed by atoms with Gasteiger partial charge in [0.25, 0.3) is 11.8 Å². The zero-order valence-corrected chi connectivity index (χ0v) is 22.4. The van der Waals surface area contributed by atoms with Gasteiger partial charge in [0.2, 0.25) is 0 Å². The van der Waals surface area contributed by atoms with Gasteiger partial charge in [-0.1, -0.05) is 19.1 Å². The fourth-order valence-electron chi connectivity index (χ4n) is 4.94. The van der Waals surface area contributed by atoms with Crippen LogP contribution in [0.2, 0.25) is 0 Å². The highest BCUT2D eigenvalue weighted by Crippen LogP contribution is 2.41. The molecule has 0 radical (unpaired) electrons. The van der Waals surface area contributed by atoms with Crippen LogP contribution in [0.4, 0.5) is 11.4 Å². The molecule has 6 heteroatoms. The molecule has 0 bridgehead atoms. The molecular weight excluding hydrogens is 454 g/mol. The number of anilines is 2. The molecule has 0 unspecified atom stereocenters. The van der Waals surface area contributed by atoms with Gasteiger partial charge in [0.15, 0.2) is 5.11 Å². The summed E-state index contributed by atoms with van der Waals surface area (Å²) in [5, 5.41) is 2.79. The molecule has 2 aliphatic rings. The first-order chi connectivity index (χ1) is 16.4. The Hall–Kier alpha value is -3.25. The highest BCUT2D eigenvalue weighted by atomic mass is 32.1. The topological polar surface area (TPSA) is 52.7 Å². The molecule has 35 heavy (non-hydrogen) atoms. The van der Waals surface area contributed by atoms with Crippen LogP contribution in [-0.4, -0.2) is 29.0 Å². The molecule has 2 amide bonds. The molecule has 4 rings (SSSR count). The zero-order chi connectivity index (χ0) is 25.7. The van der Waals surface area contributed by atoms with E-state index in [1.807, 2.05) is 39.0 Å². The summed E-state index contributed by atoms with van der Waals surface area (Å²) in [6.07, 6.45) is 5.03. The first-order valence-corrected chi connectivity index (χ1v) is 12.5. The lowest BCUT2D eigenvalue weighted by molar-refractivity contribution is -0.122. The Morgan fingerprint density at radius 3 is 2.37 bits per heavy atom. The number of fused-ring (bicyclic) bond motifs is 1. The number of amides is 2. The second-order valence-corrected chi connectivity index (χ2v) is 10.5. The third-order valence-corrected chi connectivity index (χ3v) is 7.25. The molecule has 0 spiro atoms. The summed E-state index contributed by atoms with van der Waals surface area (Å²) in [4.78, 5) is 30.2. The van der Waals surface area contributed by atoms with Gasteiger partial charge in [-0.3, -0.25) is 19.8 Å². The Bertz CT molecular complexity index is 1320. The summed E-state index contributed by atoms with van der Waals surface area (Å²) < 4.78 is 0. The quantitative estimate of drug-likeness (QED) is 0.334. The first-order valence-electron chi connectivity index (χ1n) is 12.1. The normalized spacial score (nSPS) is 18.5. The molecule has 2 aromatic carbocycles. The average Bonchev–Trinajstić information content (AvgIpc) is 2.76. The number of rotatable bonds is 4. The van der Waals surface area contributed by atoms with E-state index in [-0.39, 0.29) is 16.2 Å². The van der Waals surface area contributed by atoms with Gasteiger partial charge in [-0.05, 0) is 118 Å². The zero-order valence-electron chi connectivity index (χ0n) is 21.6. The predicted molar refractivity (Wildman–Crippen MR) is 149 cm³/mol. The molecular formula is C29H33N3O2S. The molecule has 0 saturated carbocycles. The maximum atomic E-state index is 13.5. The number of hydrogen-bond acceptors (Lipinski definition) is 4. The van der Waals surface area contributed by atoms with E-state index in [1.165, 1.54) is 16.2 Å². The summed E-state index contributed by atoms with van der Waals surface area (Å²) in [6.45, 7) is 15.7. The highest BCUT2D eigenvalue weighted by Gasteiger charge is 2.35. The van der Waals surface area contributed by atoms with Crippen LogP contribution in [0.1, 0.15) is 61.9 Å². The summed E-state index contributed by atoms with van der Waals surface area (Å²) in [6, 6.07) is 9.98. The van der Waals surface area contributed by atoms with Crippen LogP contribution in [0.3, 0.4) is 0 Å². The molecule has 2 aliphatic heterocycles. The van der Waals surface area contributed by atoms with Crippen LogP contribution in [0.5, 0.6) is 0 Å². The summed E-state index contributed by atoms with van der Waals surface area (Å²) in [5.74, 6) is -0.890. The number of nitrogens with one attached hydrogen (secondary N) is 1. The van der Waals surface area contributed by atoms with E-state index in [2.05, 4.69) is 56.1 Å². The Labute approximate surface area is 213 Å². The third kappa shape index (κ3) is 4.43. The largest absolute Gasteiger partial charge is 0.362 e. The van der Waals surface area contributed by atoms with Crippen LogP contribution in [0.15, 0.2) is 42.0 Å². The standard InChI is InChI=1S/C29H33N3O2S/c1-8-11-31-25-13-19(4)21(14-23(25)20(5)16-29(31,6)7)15-24-26(33)30-28(35)32(27(24)34)22-10-9-17(2)18(3)12-22/h9-10,12-16H,8,11H2,1-7H3,(H,30,33,35)/b24-15-. The molecule has 2 heterocycles. The van der Waals surface area contributed by atoms with Crippen molar-refractivity contribution in [1.82, 2.24) is 5.32 Å². The van der Waals surface area contributed by atoms with Gasteiger partial charge in [-0.25, -0.2) is 0 Å². The minimum Gasteiger partial charge on any atom is -0.362 e. The maximum Gasteiger partial charge on any atom is 0.270 e. The fourth-order valence-corrected chi connectivity index (χ4v) is 5.23. The van der Waals surface area contributed by atoms with Gasteiger partial charge in [-0.15, -0.1) is 0 Å². The minimum atomic E-state index is -0.474. The summed E-state index contributed by atoms with van der Waals surface area (Å²) in [7, 11) is 0. The number of benzene rings is 2.